The first kappa shape index (κ1) is 22.8. The number of aliphatic hydroxyl groups excluding tert-OH is 1. The third-order valence-electron chi connectivity index (χ3n) is 4.45. The third kappa shape index (κ3) is 7.12. The van der Waals surface area contributed by atoms with E-state index in [1.54, 1.807) is 28.4 Å². The second kappa shape index (κ2) is 12.2. The van der Waals surface area contributed by atoms with Crippen molar-refractivity contribution in [2.24, 2.45) is 0 Å². The Labute approximate surface area is 172 Å². The zero-order valence-electron chi connectivity index (χ0n) is 17.6. The molecule has 0 aliphatic carbocycles. The molecule has 2 rings (SSSR count). The van der Waals surface area contributed by atoms with Crippen LogP contribution in [0.1, 0.15) is 11.1 Å². The van der Waals surface area contributed by atoms with Crippen LogP contribution >= 0.6 is 0 Å². The molecule has 7 nitrogen and oxygen atoms in total. The Morgan fingerprint density at radius 1 is 0.793 bits per heavy atom. The van der Waals surface area contributed by atoms with Gasteiger partial charge >= 0.3 is 0 Å². The quantitative estimate of drug-likeness (QED) is 0.496. The number of rotatable bonds is 13. The van der Waals surface area contributed by atoms with Crippen LogP contribution in [0.2, 0.25) is 0 Å². The van der Waals surface area contributed by atoms with E-state index >= 15 is 0 Å². The molecule has 2 aromatic rings. The summed E-state index contributed by atoms with van der Waals surface area (Å²) in [5.41, 5.74) is 2.09. The molecule has 1 atom stereocenters. The Morgan fingerprint density at radius 2 is 1.34 bits per heavy atom. The summed E-state index contributed by atoms with van der Waals surface area (Å²) >= 11 is 0. The van der Waals surface area contributed by atoms with Crippen molar-refractivity contribution in [2.75, 3.05) is 48.1 Å². The molecular formula is C22H31NO6. The van der Waals surface area contributed by atoms with E-state index in [0.717, 1.165) is 24.1 Å². The highest BCUT2D eigenvalue weighted by Gasteiger charge is 2.08. The van der Waals surface area contributed by atoms with Crippen molar-refractivity contribution in [1.82, 2.24) is 5.32 Å². The number of benzene rings is 2. The maximum absolute atomic E-state index is 10.1. The van der Waals surface area contributed by atoms with Crippen LogP contribution in [0.3, 0.4) is 0 Å². The van der Waals surface area contributed by atoms with E-state index in [1.807, 2.05) is 36.4 Å². The lowest BCUT2D eigenvalue weighted by atomic mass is 10.1. The predicted molar refractivity (Wildman–Crippen MR) is 111 cm³/mol. The number of ether oxygens (including phenoxy) is 5. The maximum Gasteiger partial charge on any atom is 0.161 e. The minimum absolute atomic E-state index is 0.248. The van der Waals surface area contributed by atoms with Gasteiger partial charge in [0.2, 0.25) is 0 Å². The summed E-state index contributed by atoms with van der Waals surface area (Å²) in [6, 6.07) is 11.5. The highest BCUT2D eigenvalue weighted by Crippen LogP contribution is 2.28. The van der Waals surface area contributed by atoms with Gasteiger partial charge in [0, 0.05) is 6.54 Å². The molecule has 0 aliphatic heterocycles. The molecule has 0 fully saturated rings. The van der Waals surface area contributed by atoms with Crippen LogP contribution in [0.5, 0.6) is 23.0 Å². The van der Waals surface area contributed by atoms with Crippen LogP contribution in [0.4, 0.5) is 0 Å². The number of methoxy groups -OCH3 is 4. The average Bonchev–Trinajstić information content (AvgIpc) is 2.76. The summed E-state index contributed by atoms with van der Waals surface area (Å²) in [4.78, 5) is 0. The Morgan fingerprint density at radius 3 is 1.93 bits per heavy atom. The zero-order chi connectivity index (χ0) is 21.1. The monoisotopic (exact) mass is 405 g/mol. The summed E-state index contributed by atoms with van der Waals surface area (Å²) in [5.74, 6) is 2.76. The van der Waals surface area contributed by atoms with Crippen LogP contribution in [-0.4, -0.2) is 59.3 Å². The van der Waals surface area contributed by atoms with E-state index in [9.17, 15) is 5.11 Å². The first-order valence-electron chi connectivity index (χ1n) is 9.49. The third-order valence-corrected chi connectivity index (χ3v) is 4.45. The lowest BCUT2D eigenvalue weighted by Gasteiger charge is -2.14. The van der Waals surface area contributed by atoms with Gasteiger partial charge in [-0.2, -0.15) is 0 Å². The van der Waals surface area contributed by atoms with Crippen molar-refractivity contribution in [3.05, 3.63) is 47.5 Å². The maximum atomic E-state index is 10.1. The van der Waals surface area contributed by atoms with Crippen molar-refractivity contribution in [2.45, 2.75) is 19.1 Å². The van der Waals surface area contributed by atoms with Gasteiger partial charge in [-0.25, -0.2) is 0 Å². The first-order chi connectivity index (χ1) is 14.1. The van der Waals surface area contributed by atoms with Gasteiger partial charge in [-0.1, -0.05) is 12.1 Å². The molecule has 0 radical (unpaired) electrons. The van der Waals surface area contributed by atoms with E-state index in [4.69, 9.17) is 23.7 Å². The van der Waals surface area contributed by atoms with Crippen LogP contribution in [0, 0.1) is 0 Å². The molecule has 0 bridgehead atoms. The molecular weight excluding hydrogens is 374 g/mol. The molecule has 0 amide bonds. The summed E-state index contributed by atoms with van der Waals surface area (Å²) in [5, 5.41) is 13.3. The van der Waals surface area contributed by atoms with Crippen molar-refractivity contribution in [1.29, 1.82) is 0 Å². The molecule has 0 saturated heterocycles. The first-order valence-corrected chi connectivity index (χ1v) is 9.49. The van der Waals surface area contributed by atoms with Gasteiger partial charge < -0.3 is 34.1 Å². The summed E-state index contributed by atoms with van der Waals surface area (Å²) in [6.45, 7) is 1.84. The normalized spacial score (nSPS) is 11.8. The number of hydrogen-bond donors (Lipinski definition) is 2. The van der Waals surface area contributed by atoms with E-state index in [0.29, 0.717) is 36.1 Å². The fourth-order valence-corrected chi connectivity index (χ4v) is 2.88. The zero-order valence-corrected chi connectivity index (χ0v) is 17.6. The largest absolute Gasteiger partial charge is 0.493 e. The average molecular weight is 405 g/mol. The Kier molecular flexibility index (Phi) is 9.56. The van der Waals surface area contributed by atoms with E-state index in [2.05, 4.69) is 5.32 Å². The molecule has 2 N–H and O–H groups in total. The van der Waals surface area contributed by atoms with Gasteiger partial charge in [-0.05, 0) is 48.4 Å². The van der Waals surface area contributed by atoms with Gasteiger partial charge in [0.25, 0.3) is 0 Å². The molecule has 2 aromatic carbocycles. The molecule has 160 valence electrons. The van der Waals surface area contributed by atoms with Gasteiger partial charge in [-0.3, -0.25) is 0 Å². The molecule has 29 heavy (non-hydrogen) atoms. The Hall–Kier alpha value is -2.48. The van der Waals surface area contributed by atoms with Crippen molar-refractivity contribution < 1.29 is 28.8 Å². The molecule has 7 heteroatoms. The number of nitrogens with one attached hydrogen (secondary N) is 1. The lowest BCUT2D eigenvalue weighted by molar-refractivity contribution is 0.0289. The molecule has 0 heterocycles. The fraction of sp³-hybridized carbons (Fsp3) is 0.455. The highest BCUT2D eigenvalue weighted by atomic mass is 16.5. The molecule has 0 aromatic heterocycles. The second-order valence-corrected chi connectivity index (χ2v) is 6.50. The van der Waals surface area contributed by atoms with E-state index in [1.165, 1.54) is 0 Å². The number of aliphatic hydroxyl groups is 1. The van der Waals surface area contributed by atoms with Crippen LogP contribution in [0.15, 0.2) is 36.4 Å². The van der Waals surface area contributed by atoms with Gasteiger partial charge in [0.1, 0.15) is 0 Å². The van der Waals surface area contributed by atoms with Crippen LogP contribution < -0.4 is 24.3 Å². The summed E-state index contributed by atoms with van der Waals surface area (Å²) < 4.78 is 26.7. The molecule has 0 unspecified atom stereocenters. The van der Waals surface area contributed by atoms with Gasteiger partial charge in [0.05, 0.1) is 47.8 Å². The van der Waals surface area contributed by atoms with Crippen molar-refractivity contribution in [3.8, 4) is 23.0 Å². The van der Waals surface area contributed by atoms with Crippen molar-refractivity contribution >= 4 is 0 Å². The Balaban J connectivity index is 1.67. The van der Waals surface area contributed by atoms with E-state index in [-0.39, 0.29) is 6.61 Å². The Bertz CT molecular complexity index is 752. The van der Waals surface area contributed by atoms with Crippen molar-refractivity contribution in [3.63, 3.8) is 0 Å². The second-order valence-electron chi connectivity index (χ2n) is 6.50. The standard InChI is InChI=1S/C22H31NO6/c1-25-19-7-5-16(11-21(19)27-3)9-10-23-13-18(24)15-29-14-17-6-8-20(26-2)22(12-17)28-4/h5-8,11-12,18,23-24H,9-10,13-15H2,1-4H3/t18-/m1/s1. The van der Waals surface area contributed by atoms with Crippen LogP contribution in [-0.2, 0) is 17.8 Å². The minimum Gasteiger partial charge on any atom is -0.493 e. The molecule has 0 spiro atoms. The summed E-state index contributed by atoms with van der Waals surface area (Å²) in [6.07, 6.45) is 0.236. The lowest BCUT2D eigenvalue weighted by Crippen LogP contribution is -2.31. The molecule has 0 saturated carbocycles. The number of hydrogen-bond acceptors (Lipinski definition) is 7. The topological polar surface area (TPSA) is 78.4 Å². The smallest absolute Gasteiger partial charge is 0.161 e. The SMILES string of the molecule is COc1ccc(CCNC[C@@H](O)COCc2ccc(OC)c(OC)c2)cc1OC. The highest BCUT2D eigenvalue weighted by molar-refractivity contribution is 5.43. The van der Waals surface area contributed by atoms with Crippen LogP contribution in [0.25, 0.3) is 0 Å². The van der Waals surface area contributed by atoms with E-state index < -0.39 is 6.10 Å². The van der Waals surface area contributed by atoms with Gasteiger partial charge in [0.15, 0.2) is 23.0 Å². The molecule has 0 aliphatic rings. The predicted octanol–water partition coefficient (Wildman–Crippen LogP) is 2.43. The summed E-state index contributed by atoms with van der Waals surface area (Å²) in [7, 11) is 6.44. The fourth-order valence-electron chi connectivity index (χ4n) is 2.88. The minimum atomic E-state index is -0.583. The van der Waals surface area contributed by atoms with Gasteiger partial charge in [-0.15, -0.1) is 0 Å².